The molecule has 1 N–H and O–H groups in total. The first-order chi connectivity index (χ1) is 14.7. The molecule has 1 aromatic carbocycles. The zero-order valence-corrected chi connectivity index (χ0v) is 19.1. The molecule has 3 aromatic rings. The van der Waals surface area contributed by atoms with Crippen molar-refractivity contribution in [1.29, 1.82) is 0 Å². The second kappa shape index (κ2) is 8.46. The van der Waals surface area contributed by atoms with Crippen molar-refractivity contribution in [2.45, 2.75) is 52.5 Å². The fourth-order valence-electron chi connectivity index (χ4n) is 4.11. The molecule has 1 aliphatic heterocycles. The van der Waals surface area contributed by atoms with Gasteiger partial charge in [-0.05, 0) is 36.3 Å². The Bertz CT molecular complexity index is 1190. The summed E-state index contributed by atoms with van der Waals surface area (Å²) in [5.74, 6) is 0.163. The zero-order chi connectivity index (χ0) is 22.2. The van der Waals surface area contributed by atoms with E-state index in [2.05, 4.69) is 25.8 Å². The normalized spacial score (nSPS) is 15.5. The second-order valence-corrected chi connectivity index (χ2v) is 10.5. The van der Waals surface area contributed by atoms with Crippen LogP contribution in [0, 0.1) is 5.41 Å². The molecular formula is C24H29N3O3S. The molecule has 3 heterocycles. The van der Waals surface area contributed by atoms with Crippen LogP contribution in [0.3, 0.4) is 0 Å². The van der Waals surface area contributed by atoms with Crippen LogP contribution in [0.2, 0.25) is 0 Å². The number of likely N-dealkylation sites (tertiary alicyclic amines) is 1. The maximum Gasteiger partial charge on any atom is 0.329 e. The molecule has 0 radical (unpaired) electrons. The van der Waals surface area contributed by atoms with Crippen LogP contribution < -0.4 is 11.2 Å². The molecule has 1 aliphatic rings. The molecule has 0 atom stereocenters. The highest BCUT2D eigenvalue weighted by molar-refractivity contribution is 7.22. The van der Waals surface area contributed by atoms with Crippen molar-refractivity contribution >= 4 is 27.5 Å². The average Bonchev–Trinajstić information content (AvgIpc) is 3.17. The SMILES string of the molecule is CC(C)(C)CCC(=O)N1CCC(n2c(=O)[nH]c3cc(-c4ccccc4)sc3c2=O)CC1. The maximum absolute atomic E-state index is 13.2. The van der Waals surface area contributed by atoms with E-state index >= 15 is 0 Å². The van der Waals surface area contributed by atoms with Crippen molar-refractivity contribution in [3.05, 3.63) is 57.2 Å². The molecule has 1 saturated heterocycles. The molecule has 0 unspecified atom stereocenters. The van der Waals surface area contributed by atoms with Gasteiger partial charge in [-0.1, -0.05) is 51.1 Å². The Hall–Kier alpha value is -2.67. The molecule has 0 aliphatic carbocycles. The van der Waals surface area contributed by atoms with Crippen LogP contribution in [0.25, 0.3) is 20.7 Å². The van der Waals surface area contributed by atoms with Gasteiger partial charge in [0.1, 0.15) is 4.70 Å². The number of thiophene rings is 1. The fraction of sp³-hybridized carbons (Fsp3) is 0.458. The van der Waals surface area contributed by atoms with Gasteiger partial charge in [-0.25, -0.2) is 4.79 Å². The Morgan fingerprint density at radius 1 is 1.13 bits per heavy atom. The summed E-state index contributed by atoms with van der Waals surface area (Å²) in [6.07, 6.45) is 2.63. The molecule has 1 fully saturated rings. The number of nitrogens with one attached hydrogen (secondary N) is 1. The van der Waals surface area contributed by atoms with E-state index in [4.69, 9.17) is 0 Å². The smallest absolute Gasteiger partial charge is 0.329 e. The van der Waals surface area contributed by atoms with Gasteiger partial charge in [0.2, 0.25) is 5.91 Å². The van der Waals surface area contributed by atoms with Gasteiger partial charge in [0.25, 0.3) is 5.56 Å². The van der Waals surface area contributed by atoms with Crippen LogP contribution in [0.1, 0.15) is 52.5 Å². The quantitative estimate of drug-likeness (QED) is 0.654. The van der Waals surface area contributed by atoms with Gasteiger partial charge < -0.3 is 9.88 Å². The van der Waals surface area contributed by atoms with E-state index in [0.717, 1.165) is 16.9 Å². The van der Waals surface area contributed by atoms with E-state index in [0.29, 0.717) is 42.6 Å². The first-order valence-corrected chi connectivity index (χ1v) is 11.7. The van der Waals surface area contributed by atoms with Gasteiger partial charge in [-0.2, -0.15) is 0 Å². The topological polar surface area (TPSA) is 75.2 Å². The number of carbonyl (C=O) groups excluding carboxylic acids is 1. The van der Waals surface area contributed by atoms with Gasteiger partial charge in [-0.15, -0.1) is 11.3 Å². The van der Waals surface area contributed by atoms with Gasteiger partial charge in [0, 0.05) is 30.4 Å². The summed E-state index contributed by atoms with van der Waals surface area (Å²) in [6.45, 7) is 7.56. The minimum absolute atomic E-state index is 0.128. The fourth-order valence-corrected chi connectivity index (χ4v) is 5.17. The molecule has 31 heavy (non-hydrogen) atoms. The Morgan fingerprint density at radius 2 is 1.81 bits per heavy atom. The summed E-state index contributed by atoms with van der Waals surface area (Å²) in [5.41, 5.74) is 1.14. The number of H-pyrrole nitrogens is 1. The number of amides is 1. The number of aromatic nitrogens is 2. The van der Waals surface area contributed by atoms with E-state index in [1.807, 2.05) is 41.3 Å². The number of hydrogen-bond acceptors (Lipinski definition) is 4. The van der Waals surface area contributed by atoms with E-state index < -0.39 is 0 Å². The Balaban J connectivity index is 1.53. The third kappa shape index (κ3) is 4.66. The largest absolute Gasteiger partial charge is 0.343 e. The number of carbonyl (C=O) groups is 1. The van der Waals surface area contributed by atoms with Gasteiger partial charge >= 0.3 is 5.69 Å². The predicted octanol–water partition coefficient (Wildman–Crippen LogP) is 4.41. The molecule has 0 bridgehead atoms. The highest BCUT2D eigenvalue weighted by Crippen LogP contribution is 2.31. The highest BCUT2D eigenvalue weighted by Gasteiger charge is 2.27. The first-order valence-electron chi connectivity index (χ1n) is 10.8. The van der Waals surface area contributed by atoms with Crippen LogP contribution in [0.15, 0.2) is 46.0 Å². The molecule has 4 rings (SSSR count). The molecule has 2 aromatic heterocycles. The lowest BCUT2D eigenvalue weighted by Crippen LogP contribution is -2.44. The predicted molar refractivity (Wildman–Crippen MR) is 126 cm³/mol. The maximum atomic E-state index is 13.2. The van der Waals surface area contributed by atoms with Crippen LogP contribution in [0.5, 0.6) is 0 Å². The van der Waals surface area contributed by atoms with Gasteiger partial charge in [0.15, 0.2) is 0 Å². The van der Waals surface area contributed by atoms with Gasteiger partial charge in [-0.3, -0.25) is 14.2 Å². The van der Waals surface area contributed by atoms with Crippen molar-refractivity contribution < 1.29 is 4.79 Å². The molecule has 0 saturated carbocycles. The lowest BCUT2D eigenvalue weighted by Gasteiger charge is -2.33. The summed E-state index contributed by atoms with van der Waals surface area (Å²) in [6, 6.07) is 11.5. The number of aromatic amines is 1. The van der Waals surface area contributed by atoms with E-state index in [-0.39, 0.29) is 28.6 Å². The van der Waals surface area contributed by atoms with Crippen molar-refractivity contribution in [2.75, 3.05) is 13.1 Å². The summed E-state index contributed by atoms with van der Waals surface area (Å²) >= 11 is 1.41. The van der Waals surface area contributed by atoms with E-state index in [1.54, 1.807) is 0 Å². The lowest BCUT2D eigenvalue weighted by molar-refractivity contribution is -0.133. The Labute approximate surface area is 185 Å². The standard InChI is InChI=1S/C24H29N3O3S/c1-24(2,3)12-9-20(28)26-13-10-17(11-14-26)27-22(29)21-18(25-23(27)30)15-19(31-21)16-7-5-4-6-8-16/h4-8,15,17H,9-14H2,1-3H3,(H,25,30). The van der Waals surface area contributed by atoms with Gasteiger partial charge in [0.05, 0.1) is 5.52 Å². The third-order valence-corrected chi connectivity index (χ3v) is 7.11. The first kappa shape index (κ1) is 21.6. The molecular weight excluding hydrogens is 410 g/mol. The number of rotatable bonds is 4. The zero-order valence-electron chi connectivity index (χ0n) is 18.3. The minimum atomic E-state index is -0.368. The monoisotopic (exact) mass is 439 g/mol. The molecule has 7 heteroatoms. The Kier molecular flexibility index (Phi) is 5.88. The third-order valence-electron chi connectivity index (χ3n) is 5.94. The number of fused-ring (bicyclic) bond motifs is 1. The summed E-state index contributed by atoms with van der Waals surface area (Å²) in [4.78, 5) is 44.2. The van der Waals surface area contributed by atoms with Crippen molar-refractivity contribution in [1.82, 2.24) is 14.5 Å². The van der Waals surface area contributed by atoms with Crippen LogP contribution in [-0.2, 0) is 4.79 Å². The average molecular weight is 440 g/mol. The molecule has 0 spiro atoms. The number of benzene rings is 1. The highest BCUT2D eigenvalue weighted by atomic mass is 32.1. The van der Waals surface area contributed by atoms with Crippen molar-refractivity contribution in [2.24, 2.45) is 5.41 Å². The molecule has 6 nitrogen and oxygen atoms in total. The lowest BCUT2D eigenvalue weighted by atomic mass is 9.90. The number of hydrogen-bond donors (Lipinski definition) is 1. The van der Waals surface area contributed by atoms with Crippen LogP contribution in [0.4, 0.5) is 0 Å². The summed E-state index contributed by atoms with van der Waals surface area (Å²) in [7, 11) is 0. The van der Waals surface area contributed by atoms with Crippen molar-refractivity contribution in [3.63, 3.8) is 0 Å². The number of nitrogens with zero attached hydrogens (tertiary/aromatic N) is 2. The van der Waals surface area contributed by atoms with E-state index in [1.165, 1.54) is 15.9 Å². The van der Waals surface area contributed by atoms with Crippen molar-refractivity contribution in [3.8, 4) is 10.4 Å². The molecule has 164 valence electrons. The second-order valence-electron chi connectivity index (χ2n) is 9.50. The van der Waals surface area contributed by atoms with Crippen LogP contribution in [-0.4, -0.2) is 33.4 Å². The minimum Gasteiger partial charge on any atom is -0.343 e. The number of piperidine rings is 1. The summed E-state index contributed by atoms with van der Waals surface area (Å²) < 4.78 is 1.94. The molecule has 1 amide bonds. The summed E-state index contributed by atoms with van der Waals surface area (Å²) in [5, 5.41) is 0. The Morgan fingerprint density at radius 3 is 2.45 bits per heavy atom. The van der Waals surface area contributed by atoms with Crippen LogP contribution >= 0.6 is 11.3 Å². The van der Waals surface area contributed by atoms with E-state index in [9.17, 15) is 14.4 Å².